The highest BCUT2D eigenvalue weighted by molar-refractivity contribution is 5.42. The molecule has 0 radical (unpaired) electrons. The van der Waals surface area contributed by atoms with Gasteiger partial charge in [0, 0.05) is 36.3 Å². The van der Waals surface area contributed by atoms with Crippen LogP contribution in [0.2, 0.25) is 0 Å². The lowest BCUT2D eigenvalue weighted by molar-refractivity contribution is 0.269. The number of nitrogens with zero attached hydrogens (tertiary/aromatic N) is 3. The van der Waals surface area contributed by atoms with E-state index < -0.39 is 0 Å². The molecule has 0 amide bonds. The normalized spacial score (nSPS) is 10.5. The average molecular weight is 324 g/mol. The van der Waals surface area contributed by atoms with Crippen molar-refractivity contribution in [1.29, 1.82) is 0 Å². The third-order valence-electron chi connectivity index (χ3n) is 3.54. The Morgan fingerprint density at radius 3 is 2.88 bits per heavy atom. The number of benzene rings is 1. The van der Waals surface area contributed by atoms with Gasteiger partial charge in [-0.2, -0.15) is 5.10 Å². The molecule has 0 unspecified atom stereocenters. The highest BCUT2D eigenvalue weighted by atomic mass is 16.5. The molecule has 2 aromatic heterocycles. The molecule has 2 N–H and O–H groups in total. The molecule has 6 nitrogen and oxygen atoms in total. The Kier molecular flexibility index (Phi) is 5.42. The van der Waals surface area contributed by atoms with E-state index in [9.17, 15) is 0 Å². The van der Waals surface area contributed by atoms with Crippen LogP contribution in [0.25, 0.3) is 0 Å². The van der Waals surface area contributed by atoms with Crippen molar-refractivity contribution in [2.24, 2.45) is 0 Å². The van der Waals surface area contributed by atoms with Gasteiger partial charge in [-0.3, -0.25) is 9.67 Å². The van der Waals surface area contributed by atoms with Gasteiger partial charge in [0.15, 0.2) is 0 Å². The molecule has 2 heterocycles. The molecule has 6 heteroatoms. The first-order valence-corrected chi connectivity index (χ1v) is 7.82. The summed E-state index contributed by atoms with van der Waals surface area (Å²) in [7, 11) is 0. The largest absolute Gasteiger partial charge is 0.488 e. The maximum Gasteiger partial charge on any atom is 0.124 e. The molecule has 0 aliphatic heterocycles. The minimum absolute atomic E-state index is 0.0755. The fourth-order valence-electron chi connectivity index (χ4n) is 2.31. The van der Waals surface area contributed by atoms with Crippen LogP contribution in [-0.2, 0) is 19.7 Å². The third kappa shape index (κ3) is 4.33. The van der Waals surface area contributed by atoms with Gasteiger partial charge >= 0.3 is 0 Å². The van der Waals surface area contributed by atoms with Crippen LogP contribution in [0, 0.1) is 0 Å². The van der Waals surface area contributed by atoms with E-state index in [1.165, 1.54) is 0 Å². The second-order valence-electron chi connectivity index (χ2n) is 5.33. The lowest BCUT2D eigenvalue weighted by Crippen LogP contribution is -2.04. The van der Waals surface area contributed by atoms with Crippen molar-refractivity contribution in [1.82, 2.24) is 14.8 Å². The molecule has 24 heavy (non-hydrogen) atoms. The van der Waals surface area contributed by atoms with Gasteiger partial charge in [-0.1, -0.05) is 24.3 Å². The summed E-state index contributed by atoms with van der Waals surface area (Å²) in [5.41, 5.74) is 3.01. The van der Waals surface area contributed by atoms with Crippen LogP contribution < -0.4 is 10.1 Å². The lowest BCUT2D eigenvalue weighted by Gasteiger charge is -2.12. The monoisotopic (exact) mass is 324 g/mol. The van der Waals surface area contributed by atoms with Crippen molar-refractivity contribution in [3.05, 3.63) is 72.3 Å². The summed E-state index contributed by atoms with van der Waals surface area (Å²) in [6.07, 6.45) is 7.17. The van der Waals surface area contributed by atoms with Gasteiger partial charge in [0.2, 0.25) is 0 Å². The Morgan fingerprint density at radius 1 is 1.12 bits per heavy atom. The van der Waals surface area contributed by atoms with Crippen molar-refractivity contribution in [2.75, 3.05) is 11.9 Å². The first kappa shape index (κ1) is 16.0. The molecular weight excluding hydrogens is 304 g/mol. The number of aliphatic hydroxyl groups excluding tert-OH is 1. The molecule has 0 bridgehead atoms. The maximum atomic E-state index is 8.92. The van der Waals surface area contributed by atoms with Crippen LogP contribution >= 0.6 is 0 Å². The van der Waals surface area contributed by atoms with Crippen molar-refractivity contribution in [2.45, 2.75) is 19.7 Å². The zero-order chi connectivity index (χ0) is 16.6. The molecule has 0 saturated carbocycles. The molecule has 1 aromatic carbocycles. The van der Waals surface area contributed by atoms with Gasteiger partial charge in [0.25, 0.3) is 0 Å². The molecule has 0 fully saturated rings. The first-order valence-electron chi connectivity index (χ1n) is 7.82. The van der Waals surface area contributed by atoms with Crippen LogP contribution in [0.3, 0.4) is 0 Å². The number of hydrogen-bond acceptors (Lipinski definition) is 5. The number of aromatic nitrogens is 3. The van der Waals surface area contributed by atoms with E-state index >= 15 is 0 Å². The highest BCUT2D eigenvalue weighted by Crippen LogP contribution is 2.20. The standard InChI is InChI=1S/C18H20N4O2/c23-9-8-22-13-17(12-21-22)20-11-16-5-1-2-6-18(16)24-14-15-4-3-7-19-10-15/h1-7,10,12-13,20,23H,8-9,11,14H2. The summed E-state index contributed by atoms with van der Waals surface area (Å²) in [6, 6.07) is 11.8. The molecule has 0 saturated heterocycles. The number of rotatable bonds is 8. The van der Waals surface area contributed by atoms with Crippen molar-refractivity contribution in [3.63, 3.8) is 0 Å². The van der Waals surface area contributed by atoms with Crippen LogP contribution in [0.15, 0.2) is 61.2 Å². The molecule has 0 spiro atoms. The fraction of sp³-hybridized carbons (Fsp3) is 0.222. The summed E-state index contributed by atoms with van der Waals surface area (Å²) < 4.78 is 7.62. The Labute approximate surface area is 140 Å². The summed E-state index contributed by atoms with van der Waals surface area (Å²) in [6.45, 7) is 1.69. The minimum atomic E-state index is 0.0755. The van der Waals surface area contributed by atoms with Crippen molar-refractivity contribution < 1.29 is 9.84 Å². The molecule has 0 aliphatic rings. The minimum Gasteiger partial charge on any atom is -0.488 e. The number of aliphatic hydroxyl groups is 1. The Hall–Kier alpha value is -2.86. The summed E-state index contributed by atoms with van der Waals surface area (Å²) in [5.74, 6) is 0.844. The summed E-state index contributed by atoms with van der Waals surface area (Å²) >= 11 is 0. The molecule has 0 atom stereocenters. The third-order valence-corrected chi connectivity index (χ3v) is 3.54. The van der Waals surface area contributed by atoms with Gasteiger partial charge < -0.3 is 15.2 Å². The second kappa shape index (κ2) is 8.12. The number of para-hydroxylation sites is 1. The highest BCUT2D eigenvalue weighted by Gasteiger charge is 2.05. The predicted octanol–water partition coefficient (Wildman–Crippen LogP) is 2.46. The smallest absolute Gasteiger partial charge is 0.124 e. The first-order chi connectivity index (χ1) is 11.8. The van der Waals surface area contributed by atoms with Crippen LogP contribution in [-0.4, -0.2) is 26.5 Å². The van der Waals surface area contributed by atoms with Gasteiger partial charge in [-0.25, -0.2) is 0 Å². The number of nitrogens with one attached hydrogen (secondary N) is 1. The van der Waals surface area contributed by atoms with Gasteiger partial charge in [0.1, 0.15) is 12.4 Å². The Balaban J connectivity index is 1.61. The fourth-order valence-corrected chi connectivity index (χ4v) is 2.31. The summed E-state index contributed by atoms with van der Waals surface area (Å²) in [4.78, 5) is 4.09. The van der Waals surface area contributed by atoms with Crippen LogP contribution in [0.4, 0.5) is 5.69 Å². The number of anilines is 1. The van der Waals surface area contributed by atoms with Gasteiger partial charge in [-0.05, 0) is 12.1 Å². The van der Waals surface area contributed by atoms with E-state index in [1.807, 2.05) is 42.6 Å². The number of pyridine rings is 1. The van der Waals surface area contributed by atoms with Crippen LogP contribution in [0.1, 0.15) is 11.1 Å². The molecule has 0 aliphatic carbocycles. The number of hydrogen-bond donors (Lipinski definition) is 2. The van der Waals surface area contributed by atoms with E-state index in [1.54, 1.807) is 23.3 Å². The molecule has 3 rings (SSSR count). The molecule has 124 valence electrons. The maximum absolute atomic E-state index is 8.92. The van der Waals surface area contributed by atoms with Crippen LogP contribution in [0.5, 0.6) is 5.75 Å². The number of ether oxygens (including phenoxy) is 1. The topological polar surface area (TPSA) is 72.2 Å². The quantitative estimate of drug-likeness (QED) is 0.666. The Morgan fingerprint density at radius 2 is 2.04 bits per heavy atom. The van der Waals surface area contributed by atoms with E-state index in [-0.39, 0.29) is 6.61 Å². The van der Waals surface area contributed by atoms with Gasteiger partial charge in [-0.15, -0.1) is 0 Å². The zero-order valence-electron chi connectivity index (χ0n) is 13.3. The van der Waals surface area contributed by atoms with E-state index in [4.69, 9.17) is 9.84 Å². The Bertz CT molecular complexity index is 758. The second-order valence-corrected chi connectivity index (χ2v) is 5.33. The lowest BCUT2D eigenvalue weighted by atomic mass is 10.2. The molecular formula is C18H20N4O2. The SMILES string of the molecule is OCCn1cc(NCc2ccccc2OCc2cccnc2)cn1. The van der Waals surface area contributed by atoms with E-state index in [0.29, 0.717) is 19.7 Å². The average Bonchev–Trinajstić information content (AvgIpc) is 3.08. The predicted molar refractivity (Wildman–Crippen MR) is 91.7 cm³/mol. The van der Waals surface area contributed by atoms with Crippen molar-refractivity contribution >= 4 is 5.69 Å². The van der Waals surface area contributed by atoms with Crippen molar-refractivity contribution in [3.8, 4) is 5.75 Å². The zero-order valence-corrected chi connectivity index (χ0v) is 13.3. The van der Waals surface area contributed by atoms with Gasteiger partial charge in [0.05, 0.1) is 25.0 Å². The van der Waals surface area contributed by atoms with E-state index in [0.717, 1.165) is 22.6 Å². The molecule has 3 aromatic rings. The van der Waals surface area contributed by atoms with E-state index in [2.05, 4.69) is 15.4 Å². The summed E-state index contributed by atoms with van der Waals surface area (Å²) in [5, 5.41) is 16.4.